The lowest BCUT2D eigenvalue weighted by molar-refractivity contribution is 1.16. The van der Waals surface area contributed by atoms with E-state index in [1.54, 1.807) is 12.1 Å². The van der Waals surface area contributed by atoms with Gasteiger partial charge in [-0.25, -0.2) is 0 Å². The average Bonchev–Trinajstić information content (AvgIpc) is 3.77. The van der Waals surface area contributed by atoms with Gasteiger partial charge in [-0.1, -0.05) is 91.0 Å². The molecular formula is C50H31N5. The number of hydrogen-bond donors (Lipinski definition) is 0. The van der Waals surface area contributed by atoms with E-state index in [-0.39, 0.29) is 0 Å². The normalized spacial score (nSPS) is 11.2. The molecule has 0 radical (unpaired) electrons. The quantitative estimate of drug-likeness (QED) is 0.173. The molecule has 2 heterocycles. The number of rotatable bonds is 6. The van der Waals surface area contributed by atoms with Gasteiger partial charge in [-0.05, 0) is 108 Å². The van der Waals surface area contributed by atoms with Crippen LogP contribution in [-0.4, -0.2) is 9.13 Å². The lowest BCUT2D eigenvalue weighted by Crippen LogP contribution is -2.09. The molecule has 0 aliphatic heterocycles. The third-order valence-electron chi connectivity index (χ3n) is 10.5. The summed E-state index contributed by atoms with van der Waals surface area (Å²) < 4.78 is 4.48. The summed E-state index contributed by atoms with van der Waals surface area (Å²) in [6.45, 7) is 0. The highest BCUT2D eigenvalue weighted by Crippen LogP contribution is 2.44. The Balaban J connectivity index is 1.28. The molecule has 0 atom stereocenters. The van der Waals surface area contributed by atoms with E-state index in [9.17, 15) is 10.5 Å². The number of para-hydroxylation sites is 4. The van der Waals surface area contributed by atoms with Crippen molar-refractivity contribution in [1.82, 2.24) is 9.13 Å². The Kier molecular flexibility index (Phi) is 7.51. The monoisotopic (exact) mass is 701 g/mol. The average molecular weight is 702 g/mol. The Labute approximate surface area is 318 Å². The lowest BCUT2D eigenvalue weighted by atomic mass is 9.97. The lowest BCUT2D eigenvalue weighted by Gasteiger charge is -2.25. The molecular weight excluding hydrogens is 671 g/mol. The van der Waals surface area contributed by atoms with Crippen LogP contribution in [-0.2, 0) is 0 Å². The number of hydrogen-bond acceptors (Lipinski definition) is 3. The van der Waals surface area contributed by atoms with Gasteiger partial charge in [0.05, 0.1) is 45.0 Å². The van der Waals surface area contributed by atoms with Crippen molar-refractivity contribution in [3.63, 3.8) is 0 Å². The van der Waals surface area contributed by atoms with Crippen LogP contribution in [0.3, 0.4) is 0 Å². The molecule has 10 rings (SSSR count). The predicted octanol–water partition coefficient (Wildman–Crippen LogP) is 12.8. The summed E-state index contributed by atoms with van der Waals surface area (Å²) in [6, 6.07) is 69.6. The van der Waals surface area contributed by atoms with Crippen LogP contribution in [0.2, 0.25) is 0 Å². The van der Waals surface area contributed by atoms with E-state index in [1.165, 1.54) is 10.8 Å². The van der Waals surface area contributed by atoms with E-state index in [1.807, 2.05) is 24.3 Å². The topological polar surface area (TPSA) is 60.7 Å². The minimum atomic E-state index is 0.497. The molecule has 0 bridgehead atoms. The van der Waals surface area contributed by atoms with Crippen molar-refractivity contribution in [2.24, 2.45) is 0 Å². The van der Waals surface area contributed by atoms with Gasteiger partial charge >= 0.3 is 0 Å². The Morgan fingerprint density at radius 1 is 0.418 bits per heavy atom. The van der Waals surface area contributed by atoms with E-state index in [4.69, 9.17) is 0 Å². The number of anilines is 3. The molecule has 0 aliphatic carbocycles. The Morgan fingerprint density at radius 2 is 1.05 bits per heavy atom. The van der Waals surface area contributed by atoms with Crippen molar-refractivity contribution in [3.05, 3.63) is 199 Å². The number of benzene rings is 8. The molecule has 0 aliphatic rings. The molecule has 0 spiro atoms. The van der Waals surface area contributed by atoms with Crippen LogP contribution in [0.15, 0.2) is 188 Å². The van der Waals surface area contributed by atoms with Gasteiger partial charge in [-0.3, -0.25) is 0 Å². The predicted molar refractivity (Wildman–Crippen MR) is 225 cm³/mol. The SMILES string of the molecule is N#Cc1ccc(C#N)c(-n2c3ccc(N(c4ccccc4)c4ccccc4)cc3c3c(-c4ccc5c(c4)c4ccccc4n5-c4ccccc4)cccc32)c1. The van der Waals surface area contributed by atoms with Crippen LogP contribution in [0, 0.1) is 22.7 Å². The fourth-order valence-electron chi connectivity index (χ4n) is 8.18. The second kappa shape index (κ2) is 13.0. The van der Waals surface area contributed by atoms with Gasteiger partial charge in [-0.2, -0.15) is 10.5 Å². The summed E-state index contributed by atoms with van der Waals surface area (Å²) in [7, 11) is 0. The molecule has 5 heteroatoms. The van der Waals surface area contributed by atoms with E-state index < -0.39 is 0 Å². The zero-order chi connectivity index (χ0) is 36.9. The first-order valence-electron chi connectivity index (χ1n) is 18.2. The van der Waals surface area contributed by atoms with Gasteiger partial charge in [0.25, 0.3) is 0 Å². The second-order valence-corrected chi connectivity index (χ2v) is 13.6. The first-order valence-corrected chi connectivity index (χ1v) is 18.2. The van der Waals surface area contributed by atoms with Crippen LogP contribution in [0.5, 0.6) is 0 Å². The molecule has 8 aromatic carbocycles. The highest BCUT2D eigenvalue weighted by Gasteiger charge is 2.22. The van der Waals surface area contributed by atoms with Gasteiger partial charge in [0, 0.05) is 44.3 Å². The summed E-state index contributed by atoms with van der Waals surface area (Å²) >= 11 is 0. The van der Waals surface area contributed by atoms with Crippen molar-refractivity contribution >= 4 is 60.7 Å². The third-order valence-corrected chi connectivity index (χ3v) is 10.5. The van der Waals surface area contributed by atoms with Crippen LogP contribution < -0.4 is 4.90 Å². The summed E-state index contributed by atoms with van der Waals surface area (Å²) in [5.41, 5.74) is 12.3. The molecule has 0 N–H and O–H groups in total. The maximum absolute atomic E-state index is 10.3. The van der Waals surface area contributed by atoms with Crippen molar-refractivity contribution in [2.75, 3.05) is 4.90 Å². The molecule has 0 unspecified atom stereocenters. The zero-order valence-electron chi connectivity index (χ0n) is 29.6. The fourth-order valence-corrected chi connectivity index (χ4v) is 8.18. The van der Waals surface area contributed by atoms with Crippen LogP contribution in [0.4, 0.5) is 17.1 Å². The van der Waals surface area contributed by atoms with Crippen molar-refractivity contribution < 1.29 is 0 Å². The third kappa shape index (κ3) is 5.15. The largest absolute Gasteiger partial charge is 0.310 e. The zero-order valence-corrected chi connectivity index (χ0v) is 29.6. The van der Waals surface area contributed by atoms with Crippen LogP contribution in [0.1, 0.15) is 11.1 Å². The number of aromatic nitrogens is 2. The van der Waals surface area contributed by atoms with E-state index in [0.717, 1.165) is 66.7 Å². The molecule has 0 saturated heterocycles. The van der Waals surface area contributed by atoms with Crippen molar-refractivity contribution in [1.29, 1.82) is 10.5 Å². The molecule has 10 aromatic rings. The maximum atomic E-state index is 10.3. The maximum Gasteiger partial charge on any atom is 0.101 e. The fraction of sp³-hybridized carbons (Fsp3) is 0. The Morgan fingerprint density at radius 3 is 1.78 bits per heavy atom. The minimum Gasteiger partial charge on any atom is -0.310 e. The summed E-state index contributed by atoms with van der Waals surface area (Å²) in [4.78, 5) is 2.27. The van der Waals surface area contributed by atoms with Crippen LogP contribution >= 0.6 is 0 Å². The Bertz CT molecular complexity index is 3120. The van der Waals surface area contributed by atoms with Crippen LogP contribution in [0.25, 0.3) is 66.1 Å². The first kappa shape index (κ1) is 31.8. The standard InChI is InChI=1S/C50H31N5/c51-32-34-23-24-36(33-52)49(29-34)55-47-28-26-40(53(37-13-4-1-5-14-37)38-15-6-2-7-16-38)31-44(47)50-41(20-12-22-48(50)55)35-25-27-46-43(30-35)42-19-10-11-21-45(42)54(46)39-17-8-3-9-18-39/h1-31H. The first-order chi connectivity index (χ1) is 27.2. The highest BCUT2D eigenvalue weighted by atomic mass is 15.1. The molecule has 5 nitrogen and oxygen atoms in total. The minimum absolute atomic E-state index is 0.497. The van der Waals surface area contributed by atoms with E-state index in [2.05, 4.69) is 178 Å². The van der Waals surface area contributed by atoms with Crippen molar-refractivity contribution in [3.8, 4) is 34.6 Å². The molecule has 2 aromatic heterocycles. The second-order valence-electron chi connectivity index (χ2n) is 13.6. The smallest absolute Gasteiger partial charge is 0.101 e. The van der Waals surface area contributed by atoms with Crippen molar-refractivity contribution in [2.45, 2.75) is 0 Å². The highest BCUT2D eigenvalue weighted by molar-refractivity contribution is 6.18. The molecule has 0 fully saturated rings. The summed E-state index contributed by atoms with van der Waals surface area (Å²) in [5.74, 6) is 0. The summed E-state index contributed by atoms with van der Waals surface area (Å²) in [5, 5.41) is 24.8. The Hall–Kier alpha value is -7.86. The molecule has 256 valence electrons. The van der Waals surface area contributed by atoms with Gasteiger partial charge in [-0.15, -0.1) is 0 Å². The molecule has 0 saturated carbocycles. The van der Waals surface area contributed by atoms with E-state index in [0.29, 0.717) is 16.8 Å². The number of nitrogens with zero attached hydrogens (tertiary/aromatic N) is 5. The van der Waals surface area contributed by atoms with Gasteiger partial charge in [0.1, 0.15) is 6.07 Å². The van der Waals surface area contributed by atoms with Gasteiger partial charge < -0.3 is 14.0 Å². The summed E-state index contributed by atoms with van der Waals surface area (Å²) in [6.07, 6.45) is 0. The number of nitriles is 2. The molecule has 55 heavy (non-hydrogen) atoms. The van der Waals surface area contributed by atoms with E-state index >= 15 is 0 Å². The molecule has 0 amide bonds. The van der Waals surface area contributed by atoms with Gasteiger partial charge in [0.15, 0.2) is 0 Å². The number of fused-ring (bicyclic) bond motifs is 6. The van der Waals surface area contributed by atoms with Gasteiger partial charge in [0.2, 0.25) is 0 Å².